The molecule has 2 fully saturated rings. The Labute approximate surface area is 185 Å². The summed E-state index contributed by atoms with van der Waals surface area (Å²) in [6, 6.07) is 12.3. The van der Waals surface area contributed by atoms with E-state index in [1.54, 1.807) is 12.1 Å². The number of rotatable bonds is 4. The van der Waals surface area contributed by atoms with E-state index in [4.69, 9.17) is 0 Å². The zero-order valence-corrected chi connectivity index (χ0v) is 17.6. The molecule has 0 aliphatic carbocycles. The zero-order valence-electron chi connectivity index (χ0n) is 17.6. The summed E-state index contributed by atoms with van der Waals surface area (Å²) in [7, 11) is 0. The summed E-state index contributed by atoms with van der Waals surface area (Å²) >= 11 is 0. The Morgan fingerprint density at radius 2 is 1.59 bits per heavy atom. The Hall–Kier alpha value is -3.36. The lowest BCUT2D eigenvalue weighted by molar-refractivity contribution is -0.136. The summed E-state index contributed by atoms with van der Waals surface area (Å²) < 4.78 is 0. The van der Waals surface area contributed by atoms with Gasteiger partial charge in [-0.05, 0) is 29.2 Å². The van der Waals surface area contributed by atoms with Gasteiger partial charge in [0.1, 0.15) is 6.04 Å². The second-order valence-electron chi connectivity index (χ2n) is 8.40. The third kappa shape index (κ3) is 3.61. The first-order chi connectivity index (χ1) is 15.5. The number of nitrogens with zero attached hydrogens (tertiary/aromatic N) is 2. The van der Waals surface area contributed by atoms with Crippen LogP contribution in [-0.4, -0.2) is 65.6 Å². The lowest BCUT2D eigenvalue weighted by Gasteiger charge is -2.27. The van der Waals surface area contributed by atoms with Gasteiger partial charge in [-0.1, -0.05) is 36.4 Å². The molecule has 8 nitrogen and oxygen atoms in total. The van der Waals surface area contributed by atoms with Gasteiger partial charge in [0.2, 0.25) is 11.8 Å². The van der Waals surface area contributed by atoms with Crippen LogP contribution < -0.4 is 10.6 Å². The van der Waals surface area contributed by atoms with Crippen LogP contribution in [-0.2, 0) is 16.1 Å². The molecular formula is C24H24N4O4. The number of hydrogen-bond donors (Lipinski definition) is 2. The van der Waals surface area contributed by atoms with Gasteiger partial charge in [-0.25, -0.2) is 0 Å². The largest absolute Gasteiger partial charge is 0.314 e. The van der Waals surface area contributed by atoms with Crippen molar-refractivity contribution in [2.75, 3.05) is 26.2 Å². The molecule has 3 aliphatic rings. The first-order valence-corrected chi connectivity index (χ1v) is 10.9. The standard InChI is InChI=1S/C24H24N4O4/c29-20-9-8-19(22(30)26-20)28-23(31)18-3-1-2-17(21(18)24(28)32)16-6-4-15(5-7-16)14-27-12-10-25-11-13-27/h1-7,19,25H,8-14H2,(H,26,29,30). The maximum absolute atomic E-state index is 13.3. The smallest absolute Gasteiger partial charge is 0.262 e. The molecule has 5 rings (SSSR count). The predicted molar refractivity (Wildman–Crippen MR) is 117 cm³/mol. The van der Waals surface area contributed by atoms with Crippen LogP contribution in [0.4, 0.5) is 0 Å². The summed E-state index contributed by atoms with van der Waals surface area (Å²) in [6.45, 7) is 4.89. The number of nitrogens with one attached hydrogen (secondary N) is 2. The molecule has 2 saturated heterocycles. The fraction of sp³-hybridized carbons (Fsp3) is 0.333. The minimum absolute atomic E-state index is 0.102. The molecule has 8 heteroatoms. The van der Waals surface area contributed by atoms with Crippen molar-refractivity contribution < 1.29 is 19.2 Å². The highest BCUT2D eigenvalue weighted by molar-refractivity contribution is 6.25. The maximum atomic E-state index is 13.3. The first kappa shape index (κ1) is 20.5. The van der Waals surface area contributed by atoms with E-state index >= 15 is 0 Å². The number of benzene rings is 2. The molecule has 2 N–H and O–H groups in total. The van der Waals surface area contributed by atoms with Crippen molar-refractivity contribution in [3.8, 4) is 11.1 Å². The fourth-order valence-electron chi connectivity index (χ4n) is 4.67. The van der Waals surface area contributed by atoms with Crippen molar-refractivity contribution in [3.63, 3.8) is 0 Å². The molecule has 3 aliphatic heterocycles. The number of amides is 4. The topological polar surface area (TPSA) is 98.8 Å². The molecule has 0 bridgehead atoms. The molecule has 0 radical (unpaired) electrons. The summed E-state index contributed by atoms with van der Waals surface area (Å²) in [6.07, 6.45) is 0.247. The van der Waals surface area contributed by atoms with Crippen LogP contribution in [0.5, 0.6) is 0 Å². The average Bonchev–Trinajstić information content (AvgIpc) is 3.06. The van der Waals surface area contributed by atoms with Crippen LogP contribution in [0.25, 0.3) is 11.1 Å². The van der Waals surface area contributed by atoms with Gasteiger partial charge >= 0.3 is 0 Å². The summed E-state index contributed by atoms with van der Waals surface area (Å²) in [5.41, 5.74) is 3.32. The van der Waals surface area contributed by atoms with E-state index in [0.29, 0.717) is 16.7 Å². The van der Waals surface area contributed by atoms with Gasteiger partial charge < -0.3 is 5.32 Å². The minimum Gasteiger partial charge on any atom is -0.314 e. The normalized spacial score (nSPS) is 21.6. The van der Waals surface area contributed by atoms with Crippen molar-refractivity contribution >= 4 is 23.6 Å². The molecule has 0 aromatic heterocycles. The van der Waals surface area contributed by atoms with Crippen molar-refractivity contribution in [3.05, 3.63) is 59.2 Å². The zero-order chi connectivity index (χ0) is 22.2. The highest BCUT2D eigenvalue weighted by Crippen LogP contribution is 2.35. The molecule has 3 heterocycles. The lowest BCUT2D eigenvalue weighted by atomic mass is 9.96. The van der Waals surface area contributed by atoms with E-state index in [2.05, 4.69) is 27.7 Å². The van der Waals surface area contributed by atoms with Crippen molar-refractivity contribution in [1.82, 2.24) is 20.4 Å². The quantitative estimate of drug-likeness (QED) is 0.704. The molecule has 1 unspecified atom stereocenters. The van der Waals surface area contributed by atoms with Gasteiger partial charge in [0, 0.05) is 39.1 Å². The van der Waals surface area contributed by atoms with Crippen molar-refractivity contribution in [1.29, 1.82) is 0 Å². The SMILES string of the molecule is O=C1CCC(N2C(=O)c3cccc(-c4ccc(CN5CCNCC5)cc4)c3C2=O)C(=O)N1. The average molecular weight is 432 g/mol. The van der Waals surface area contributed by atoms with E-state index in [0.717, 1.165) is 43.2 Å². The second-order valence-corrected chi connectivity index (χ2v) is 8.40. The van der Waals surface area contributed by atoms with Gasteiger partial charge in [-0.15, -0.1) is 0 Å². The molecule has 0 spiro atoms. The fourth-order valence-corrected chi connectivity index (χ4v) is 4.67. The number of piperidine rings is 1. The third-order valence-corrected chi connectivity index (χ3v) is 6.35. The van der Waals surface area contributed by atoms with Gasteiger partial charge in [-0.2, -0.15) is 0 Å². The highest BCUT2D eigenvalue weighted by Gasteiger charge is 2.45. The van der Waals surface area contributed by atoms with Gasteiger partial charge in [-0.3, -0.25) is 34.3 Å². The molecule has 2 aromatic rings. The number of carbonyl (C=O) groups is 4. The molecule has 164 valence electrons. The predicted octanol–water partition coefficient (Wildman–Crippen LogP) is 1.16. The second kappa shape index (κ2) is 8.29. The van der Waals surface area contributed by atoms with Crippen LogP contribution in [0, 0.1) is 0 Å². The summed E-state index contributed by atoms with van der Waals surface area (Å²) in [5, 5.41) is 5.58. The van der Waals surface area contributed by atoms with Crippen LogP contribution in [0.2, 0.25) is 0 Å². The highest BCUT2D eigenvalue weighted by atomic mass is 16.2. The third-order valence-electron chi connectivity index (χ3n) is 6.35. The van der Waals surface area contributed by atoms with E-state index in [9.17, 15) is 19.2 Å². The van der Waals surface area contributed by atoms with Gasteiger partial charge in [0.25, 0.3) is 11.8 Å². The summed E-state index contributed by atoms with van der Waals surface area (Å²) in [5.74, 6) is -1.96. The monoisotopic (exact) mass is 432 g/mol. The molecule has 2 aromatic carbocycles. The molecule has 0 saturated carbocycles. The number of hydrogen-bond acceptors (Lipinski definition) is 6. The van der Waals surface area contributed by atoms with E-state index in [-0.39, 0.29) is 18.7 Å². The Morgan fingerprint density at radius 1 is 0.875 bits per heavy atom. The number of carbonyl (C=O) groups excluding carboxylic acids is 4. The first-order valence-electron chi connectivity index (χ1n) is 10.9. The molecule has 4 amide bonds. The number of imide groups is 2. The Balaban J connectivity index is 1.42. The van der Waals surface area contributed by atoms with E-state index in [1.807, 2.05) is 18.2 Å². The molecular weight excluding hydrogens is 408 g/mol. The van der Waals surface area contributed by atoms with Gasteiger partial charge in [0.15, 0.2) is 0 Å². The lowest BCUT2D eigenvalue weighted by Crippen LogP contribution is -2.54. The minimum atomic E-state index is -0.964. The molecule has 1 atom stereocenters. The maximum Gasteiger partial charge on any atom is 0.262 e. The van der Waals surface area contributed by atoms with Crippen molar-refractivity contribution in [2.45, 2.75) is 25.4 Å². The van der Waals surface area contributed by atoms with Crippen LogP contribution in [0.1, 0.15) is 39.1 Å². The van der Waals surface area contributed by atoms with Gasteiger partial charge in [0.05, 0.1) is 11.1 Å². The Morgan fingerprint density at radius 3 is 2.31 bits per heavy atom. The number of fused-ring (bicyclic) bond motifs is 1. The van der Waals surface area contributed by atoms with Crippen LogP contribution in [0.3, 0.4) is 0 Å². The van der Waals surface area contributed by atoms with Crippen LogP contribution in [0.15, 0.2) is 42.5 Å². The number of piperazine rings is 1. The Bertz CT molecular complexity index is 1110. The van der Waals surface area contributed by atoms with E-state index < -0.39 is 23.8 Å². The van der Waals surface area contributed by atoms with E-state index in [1.165, 1.54) is 5.56 Å². The Kier molecular flexibility index (Phi) is 5.32. The van der Waals surface area contributed by atoms with Crippen LogP contribution >= 0.6 is 0 Å². The summed E-state index contributed by atoms with van der Waals surface area (Å²) in [4.78, 5) is 53.5. The molecule has 32 heavy (non-hydrogen) atoms. The van der Waals surface area contributed by atoms with Crippen molar-refractivity contribution in [2.24, 2.45) is 0 Å².